The quantitative estimate of drug-likeness (QED) is 0.782. The Balaban J connectivity index is 2.17. The fourth-order valence-corrected chi connectivity index (χ4v) is 3.12. The predicted molar refractivity (Wildman–Crippen MR) is 87.8 cm³/mol. The van der Waals surface area contributed by atoms with E-state index in [0.29, 0.717) is 10.8 Å². The van der Waals surface area contributed by atoms with Crippen molar-refractivity contribution in [3.8, 4) is 5.75 Å². The topological polar surface area (TPSA) is 65.2 Å². The lowest BCUT2D eigenvalue weighted by Gasteiger charge is -2.19. The number of aromatic nitrogens is 1. The van der Waals surface area contributed by atoms with Gasteiger partial charge in [0.1, 0.15) is 5.75 Å². The molecular formula is C18H15ClNO3-. The number of carbonyl (C=O) groups excluding carboxylic acids is 1. The van der Waals surface area contributed by atoms with Crippen molar-refractivity contribution < 1.29 is 14.6 Å². The second kappa shape index (κ2) is 6.34. The maximum atomic E-state index is 11.3. The summed E-state index contributed by atoms with van der Waals surface area (Å²) in [7, 11) is 1.60. The van der Waals surface area contributed by atoms with Gasteiger partial charge >= 0.3 is 0 Å². The summed E-state index contributed by atoms with van der Waals surface area (Å²) in [5, 5.41) is 12.7. The average Bonchev–Trinajstić information content (AvgIpc) is 2.96. The highest BCUT2D eigenvalue weighted by Gasteiger charge is 2.21. The summed E-state index contributed by atoms with van der Waals surface area (Å²) in [6, 6.07) is 12.9. The number of hydrogen-bond donors (Lipinski definition) is 1. The summed E-state index contributed by atoms with van der Waals surface area (Å²) in [4.78, 5) is 14.4. The Labute approximate surface area is 138 Å². The second-order valence-corrected chi connectivity index (χ2v) is 5.71. The molecule has 23 heavy (non-hydrogen) atoms. The molecule has 3 rings (SSSR count). The van der Waals surface area contributed by atoms with Gasteiger partial charge in [-0.05, 0) is 41.8 Å². The lowest BCUT2D eigenvalue weighted by atomic mass is 9.88. The zero-order valence-electron chi connectivity index (χ0n) is 12.5. The molecular weight excluding hydrogens is 314 g/mol. The van der Waals surface area contributed by atoms with Gasteiger partial charge in [-0.15, -0.1) is 0 Å². The Morgan fingerprint density at radius 1 is 1.26 bits per heavy atom. The van der Waals surface area contributed by atoms with E-state index in [4.69, 9.17) is 16.3 Å². The van der Waals surface area contributed by atoms with Crippen molar-refractivity contribution in [2.45, 2.75) is 12.3 Å². The molecule has 0 spiro atoms. The minimum Gasteiger partial charge on any atom is -0.550 e. The maximum absolute atomic E-state index is 11.3. The van der Waals surface area contributed by atoms with Gasteiger partial charge in [-0.2, -0.15) is 0 Å². The number of benzene rings is 2. The normalized spacial score (nSPS) is 12.3. The van der Waals surface area contributed by atoms with Crippen LogP contribution in [0.15, 0.2) is 48.7 Å². The molecule has 0 radical (unpaired) electrons. The number of carboxylic acids is 1. The van der Waals surface area contributed by atoms with E-state index in [0.717, 1.165) is 22.0 Å². The lowest BCUT2D eigenvalue weighted by Crippen LogP contribution is -2.25. The molecule has 0 saturated heterocycles. The number of carboxylic acid groups (broad SMARTS) is 1. The van der Waals surface area contributed by atoms with E-state index in [1.54, 1.807) is 13.2 Å². The number of carbonyl (C=O) groups is 1. The van der Waals surface area contributed by atoms with E-state index in [1.165, 1.54) is 0 Å². The molecule has 5 heteroatoms. The molecule has 0 bridgehead atoms. The minimum absolute atomic E-state index is 0.145. The Bertz CT molecular complexity index is 856. The van der Waals surface area contributed by atoms with Crippen LogP contribution in [0.3, 0.4) is 0 Å². The first-order valence-corrected chi connectivity index (χ1v) is 7.57. The molecule has 0 saturated carbocycles. The Kier molecular flexibility index (Phi) is 4.26. The van der Waals surface area contributed by atoms with Gasteiger partial charge < -0.3 is 19.6 Å². The first kappa shape index (κ1) is 15.4. The van der Waals surface area contributed by atoms with Gasteiger partial charge in [-0.1, -0.05) is 29.8 Å². The van der Waals surface area contributed by atoms with Gasteiger partial charge in [0, 0.05) is 34.0 Å². The summed E-state index contributed by atoms with van der Waals surface area (Å²) in [5.41, 5.74) is 2.54. The molecule has 1 N–H and O–H groups in total. The van der Waals surface area contributed by atoms with Crippen molar-refractivity contribution in [2.24, 2.45) is 0 Å². The van der Waals surface area contributed by atoms with E-state index in [2.05, 4.69) is 4.98 Å². The maximum Gasteiger partial charge on any atom is 0.119 e. The van der Waals surface area contributed by atoms with Crippen LogP contribution in [0.5, 0.6) is 5.75 Å². The van der Waals surface area contributed by atoms with E-state index in [9.17, 15) is 9.90 Å². The van der Waals surface area contributed by atoms with Crippen LogP contribution in [0.2, 0.25) is 5.02 Å². The van der Waals surface area contributed by atoms with Crippen molar-refractivity contribution >= 4 is 28.5 Å². The standard InChI is InChI=1S/C18H16ClNO3/c1-23-11-6-7-17-14(8-11)15(10-20-17)13(9-18(21)22)12-4-2-3-5-16(12)19/h2-8,10,13,20H,9H2,1H3,(H,21,22)/p-1/t13-/m1/s1. The van der Waals surface area contributed by atoms with Crippen LogP contribution in [0, 0.1) is 0 Å². The van der Waals surface area contributed by atoms with E-state index in [1.807, 2.05) is 42.6 Å². The molecule has 0 unspecified atom stereocenters. The molecule has 1 aromatic heterocycles. The molecule has 0 aliphatic rings. The van der Waals surface area contributed by atoms with Gasteiger partial charge in [-0.3, -0.25) is 0 Å². The third kappa shape index (κ3) is 3.03. The fraction of sp³-hybridized carbons (Fsp3) is 0.167. The monoisotopic (exact) mass is 328 g/mol. The fourth-order valence-electron chi connectivity index (χ4n) is 2.85. The zero-order chi connectivity index (χ0) is 16.4. The van der Waals surface area contributed by atoms with Gasteiger partial charge in [0.2, 0.25) is 0 Å². The number of aliphatic carboxylic acids is 1. The SMILES string of the molecule is COc1ccc2[nH]cc([C@H](CC(=O)[O-])c3ccccc3Cl)c2c1. The van der Waals surface area contributed by atoms with Crippen LogP contribution in [-0.2, 0) is 4.79 Å². The van der Waals surface area contributed by atoms with Crippen molar-refractivity contribution in [1.29, 1.82) is 0 Å². The molecule has 1 atom stereocenters. The van der Waals surface area contributed by atoms with Gasteiger partial charge in [0.15, 0.2) is 0 Å². The van der Waals surface area contributed by atoms with Gasteiger partial charge in [0.05, 0.1) is 7.11 Å². The number of ether oxygens (including phenoxy) is 1. The van der Waals surface area contributed by atoms with Crippen molar-refractivity contribution in [1.82, 2.24) is 4.98 Å². The van der Waals surface area contributed by atoms with Crippen LogP contribution in [-0.4, -0.2) is 18.1 Å². The third-order valence-corrected chi connectivity index (χ3v) is 4.29. The second-order valence-electron chi connectivity index (χ2n) is 5.31. The van der Waals surface area contributed by atoms with Crippen LogP contribution in [0.1, 0.15) is 23.5 Å². The summed E-state index contributed by atoms with van der Waals surface area (Å²) in [6.45, 7) is 0. The van der Waals surface area contributed by atoms with Crippen molar-refractivity contribution in [3.63, 3.8) is 0 Å². The van der Waals surface area contributed by atoms with E-state index in [-0.39, 0.29) is 6.42 Å². The summed E-state index contributed by atoms with van der Waals surface area (Å²) >= 11 is 6.28. The van der Waals surface area contributed by atoms with Crippen molar-refractivity contribution in [2.75, 3.05) is 7.11 Å². The molecule has 0 aliphatic heterocycles. The molecule has 3 aromatic rings. The predicted octanol–water partition coefficient (Wildman–Crippen LogP) is 3.10. The van der Waals surface area contributed by atoms with Gasteiger partial charge in [-0.25, -0.2) is 0 Å². The number of rotatable bonds is 5. The van der Waals surface area contributed by atoms with E-state index >= 15 is 0 Å². The zero-order valence-corrected chi connectivity index (χ0v) is 13.3. The van der Waals surface area contributed by atoms with Gasteiger partial charge in [0.25, 0.3) is 0 Å². The molecule has 4 nitrogen and oxygen atoms in total. The lowest BCUT2D eigenvalue weighted by molar-refractivity contribution is -0.305. The smallest absolute Gasteiger partial charge is 0.119 e. The number of hydrogen-bond acceptors (Lipinski definition) is 3. The first-order valence-electron chi connectivity index (χ1n) is 7.19. The molecule has 2 aromatic carbocycles. The number of nitrogens with one attached hydrogen (secondary N) is 1. The Morgan fingerprint density at radius 2 is 2.04 bits per heavy atom. The highest BCUT2D eigenvalue weighted by atomic mass is 35.5. The van der Waals surface area contributed by atoms with Crippen LogP contribution < -0.4 is 9.84 Å². The van der Waals surface area contributed by atoms with Crippen LogP contribution in [0.25, 0.3) is 10.9 Å². The number of methoxy groups -OCH3 is 1. The number of aromatic amines is 1. The minimum atomic E-state index is -1.12. The number of halogens is 1. The number of fused-ring (bicyclic) bond motifs is 1. The average molecular weight is 329 g/mol. The Hall–Kier alpha value is -2.46. The highest BCUT2D eigenvalue weighted by Crippen LogP contribution is 2.37. The molecule has 118 valence electrons. The summed E-state index contributed by atoms with van der Waals surface area (Å²) in [5.74, 6) is -0.800. The molecule has 0 aliphatic carbocycles. The summed E-state index contributed by atoms with van der Waals surface area (Å²) in [6.07, 6.45) is 1.68. The first-order chi connectivity index (χ1) is 11.1. The van der Waals surface area contributed by atoms with Crippen LogP contribution in [0.4, 0.5) is 0 Å². The molecule has 0 fully saturated rings. The molecule has 0 amide bonds. The Morgan fingerprint density at radius 3 is 2.74 bits per heavy atom. The largest absolute Gasteiger partial charge is 0.550 e. The van der Waals surface area contributed by atoms with Crippen molar-refractivity contribution in [3.05, 3.63) is 64.8 Å². The molecule has 1 heterocycles. The summed E-state index contributed by atoms with van der Waals surface area (Å²) < 4.78 is 5.27. The highest BCUT2D eigenvalue weighted by molar-refractivity contribution is 6.31. The van der Waals surface area contributed by atoms with Crippen LogP contribution >= 0.6 is 11.6 Å². The van der Waals surface area contributed by atoms with E-state index < -0.39 is 11.9 Å². The number of H-pyrrole nitrogens is 1. The third-order valence-electron chi connectivity index (χ3n) is 3.95.